The quantitative estimate of drug-likeness (QED) is 0.601. The maximum absolute atomic E-state index is 11.3. The molecule has 0 aliphatic carbocycles. The number of hydrogen-bond acceptors (Lipinski definition) is 6. The third kappa shape index (κ3) is 3.42. The zero-order valence-electron chi connectivity index (χ0n) is 11.6. The first-order chi connectivity index (χ1) is 10.2. The monoisotopic (exact) mass is 290 g/mol. The summed E-state index contributed by atoms with van der Waals surface area (Å²) in [5, 5.41) is 0. The molecule has 1 aromatic carbocycles. The standard InChI is InChI=1S/C15H14O6/c1-3-19-13-8-10(9-16)4-5-11(13)20-14-7-6-12(21-14)15(17)18-2/h4-9H,3H2,1-2H3. The van der Waals surface area contributed by atoms with Crippen LogP contribution in [0.2, 0.25) is 0 Å². The Bertz CT molecular complexity index is 643. The zero-order valence-corrected chi connectivity index (χ0v) is 11.6. The molecule has 0 aliphatic heterocycles. The molecule has 2 rings (SSSR count). The van der Waals surface area contributed by atoms with Crippen molar-refractivity contribution < 1.29 is 28.2 Å². The van der Waals surface area contributed by atoms with Crippen molar-refractivity contribution in [2.45, 2.75) is 6.92 Å². The highest BCUT2D eigenvalue weighted by Gasteiger charge is 2.14. The summed E-state index contributed by atoms with van der Waals surface area (Å²) < 4.78 is 20.7. The third-order valence-electron chi connectivity index (χ3n) is 2.58. The van der Waals surface area contributed by atoms with E-state index >= 15 is 0 Å². The van der Waals surface area contributed by atoms with Gasteiger partial charge in [-0.25, -0.2) is 4.79 Å². The number of esters is 1. The largest absolute Gasteiger partial charge is 0.490 e. The van der Waals surface area contributed by atoms with E-state index in [0.29, 0.717) is 30.0 Å². The number of aldehydes is 1. The Morgan fingerprint density at radius 3 is 2.71 bits per heavy atom. The van der Waals surface area contributed by atoms with Crippen molar-refractivity contribution >= 4 is 12.3 Å². The van der Waals surface area contributed by atoms with Crippen molar-refractivity contribution in [3.8, 4) is 17.4 Å². The molecule has 0 unspecified atom stereocenters. The van der Waals surface area contributed by atoms with Crippen LogP contribution in [-0.2, 0) is 4.74 Å². The molecule has 0 bridgehead atoms. The van der Waals surface area contributed by atoms with Crippen molar-refractivity contribution in [3.05, 3.63) is 41.7 Å². The van der Waals surface area contributed by atoms with E-state index in [1.807, 2.05) is 6.92 Å². The Balaban J connectivity index is 2.24. The van der Waals surface area contributed by atoms with Gasteiger partial charge >= 0.3 is 5.97 Å². The minimum Gasteiger partial charge on any atom is -0.490 e. The molecule has 0 saturated carbocycles. The van der Waals surface area contributed by atoms with Gasteiger partial charge in [0.05, 0.1) is 13.7 Å². The number of carbonyl (C=O) groups is 2. The average Bonchev–Trinajstić information content (AvgIpc) is 2.97. The smallest absolute Gasteiger partial charge is 0.374 e. The molecule has 0 spiro atoms. The average molecular weight is 290 g/mol. The van der Waals surface area contributed by atoms with Crippen molar-refractivity contribution in [3.63, 3.8) is 0 Å². The summed E-state index contributed by atoms with van der Waals surface area (Å²) in [7, 11) is 1.26. The first kappa shape index (κ1) is 14.6. The van der Waals surface area contributed by atoms with Gasteiger partial charge in [-0.05, 0) is 31.2 Å². The molecule has 1 aromatic heterocycles. The van der Waals surface area contributed by atoms with E-state index in [9.17, 15) is 9.59 Å². The second-order valence-electron chi connectivity index (χ2n) is 3.97. The summed E-state index contributed by atoms with van der Waals surface area (Å²) in [5.74, 6) is 0.364. The van der Waals surface area contributed by atoms with Gasteiger partial charge in [-0.15, -0.1) is 0 Å². The predicted octanol–water partition coefficient (Wildman–Crippen LogP) is 3.07. The highest BCUT2D eigenvalue weighted by atomic mass is 16.6. The Morgan fingerprint density at radius 1 is 1.24 bits per heavy atom. The summed E-state index contributed by atoms with van der Waals surface area (Å²) in [6.07, 6.45) is 0.717. The Labute approximate surface area is 121 Å². The lowest BCUT2D eigenvalue weighted by Gasteiger charge is -2.10. The molecule has 21 heavy (non-hydrogen) atoms. The topological polar surface area (TPSA) is 75.0 Å². The molecule has 0 fully saturated rings. The lowest BCUT2D eigenvalue weighted by atomic mass is 10.2. The van der Waals surface area contributed by atoms with Crippen LogP contribution in [0.15, 0.2) is 34.7 Å². The second kappa shape index (κ2) is 6.60. The normalized spacial score (nSPS) is 10.0. The number of ether oxygens (including phenoxy) is 3. The molecule has 2 aromatic rings. The highest BCUT2D eigenvalue weighted by Crippen LogP contribution is 2.33. The van der Waals surface area contributed by atoms with Crippen LogP contribution in [0, 0.1) is 0 Å². The summed E-state index contributed by atoms with van der Waals surface area (Å²) in [6.45, 7) is 2.24. The molecule has 0 aliphatic rings. The van der Waals surface area contributed by atoms with Crippen LogP contribution in [0.25, 0.3) is 0 Å². The van der Waals surface area contributed by atoms with Crippen LogP contribution in [0.4, 0.5) is 0 Å². The Morgan fingerprint density at radius 2 is 2.05 bits per heavy atom. The fraction of sp³-hybridized carbons (Fsp3) is 0.200. The third-order valence-corrected chi connectivity index (χ3v) is 2.58. The summed E-state index contributed by atoms with van der Waals surface area (Å²) in [4.78, 5) is 22.1. The molecule has 0 saturated heterocycles. The predicted molar refractivity (Wildman–Crippen MR) is 73.1 cm³/mol. The molecular formula is C15H14O6. The van der Waals surface area contributed by atoms with Gasteiger partial charge in [-0.3, -0.25) is 4.79 Å². The number of hydrogen-bond donors (Lipinski definition) is 0. The van der Waals surface area contributed by atoms with E-state index in [1.54, 1.807) is 18.2 Å². The summed E-state index contributed by atoms with van der Waals surface area (Å²) >= 11 is 0. The molecule has 0 N–H and O–H groups in total. The van der Waals surface area contributed by atoms with E-state index in [1.165, 1.54) is 19.2 Å². The van der Waals surface area contributed by atoms with Gasteiger partial charge in [-0.2, -0.15) is 0 Å². The molecule has 110 valence electrons. The minimum atomic E-state index is -0.591. The van der Waals surface area contributed by atoms with Gasteiger partial charge in [0.1, 0.15) is 6.29 Å². The first-order valence-electron chi connectivity index (χ1n) is 6.26. The summed E-state index contributed by atoms with van der Waals surface area (Å²) in [5.41, 5.74) is 0.473. The van der Waals surface area contributed by atoms with Crippen LogP contribution in [0.3, 0.4) is 0 Å². The van der Waals surface area contributed by atoms with E-state index in [0.717, 1.165) is 0 Å². The van der Waals surface area contributed by atoms with Crippen molar-refractivity contribution in [2.24, 2.45) is 0 Å². The lowest BCUT2D eigenvalue weighted by Crippen LogP contribution is -1.98. The van der Waals surface area contributed by atoms with Gasteiger partial charge in [-0.1, -0.05) is 0 Å². The number of benzene rings is 1. The van der Waals surface area contributed by atoms with E-state index in [4.69, 9.17) is 13.9 Å². The molecule has 6 nitrogen and oxygen atoms in total. The molecule has 0 amide bonds. The molecular weight excluding hydrogens is 276 g/mol. The number of rotatable bonds is 6. The Kier molecular flexibility index (Phi) is 4.61. The maximum Gasteiger partial charge on any atom is 0.374 e. The maximum atomic E-state index is 11.3. The molecule has 0 atom stereocenters. The number of furan rings is 1. The van der Waals surface area contributed by atoms with Gasteiger partial charge in [0.15, 0.2) is 11.5 Å². The van der Waals surface area contributed by atoms with Gasteiger partial charge in [0.2, 0.25) is 5.76 Å². The molecule has 0 radical (unpaired) electrons. The SMILES string of the molecule is CCOc1cc(C=O)ccc1Oc1ccc(C(=O)OC)o1. The fourth-order valence-corrected chi connectivity index (χ4v) is 1.64. The van der Waals surface area contributed by atoms with Gasteiger partial charge < -0.3 is 18.6 Å². The van der Waals surface area contributed by atoms with E-state index in [2.05, 4.69) is 4.74 Å². The number of methoxy groups -OCH3 is 1. The lowest BCUT2D eigenvalue weighted by molar-refractivity contribution is 0.0560. The number of carbonyl (C=O) groups excluding carboxylic acids is 2. The van der Waals surface area contributed by atoms with E-state index in [-0.39, 0.29) is 11.7 Å². The molecule has 6 heteroatoms. The van der Waals surface area contributed by atoms with Crippen LogP contribution in [0.1, 0.15) is 27.8 Å². The van der Waals surface area contributed by atoms with Crippen molar-refractivity contribution in [1.29, 1.82) is 0 Å². The minimum absolute atomic E-state index is 0.0370. The Hall–Kier alpha value is -2.76. The zero-order chi connectivity index (χ0) is 15.2. The van der Waals surface area contributed by atoms with Crippen LogP contribution < -0.4 is 9.47 Å². The molecule has 1 heterocycles. The second-order valence-corrected chi connectivity index (χ2v) is 3.97. The highest BCUT2D eigenvalue weighted by molar-refractivity contribution is 5.86. The van der Waals surface area contributed by atoms with E-state index < -0.39 is 5.97 Å². The van der Waals surface area contributed by atoms with Crippen molar-refractivity contribution in [2.75, 3.05) is 13.7 Å². The van der Waals surface area contributed by atoms with Crippen molar-refractivity contribution in [1.82, 2.24) is 0 Å². The van der Waals surface area contributed by atoms with Gasteiger partial charge in [0, 0.05) is 11.6 Å². The van der Waals surface area contributed by atoms with Gasteiger partial charge in [0.25, 0.3) is 5.95 Å². The first-order valence-corrected chi connectivity index (χ1v) is 6.26. The van der Waals surface area contributed by atoms with Crippen LogP contribution in [-0.4, -0.2) is 26.0 Å². The summed E-state index contributed by atoms with van der Waals surface area (Å²) in [6, 6.07) is 7.69. The fourth-order valence-electron chi connectivity index (χ4n) is 1.64. The van der Waals surface area contributed by atoms with Crippen LogP contribution >= 0.6 is 0 Å². The van der Waals surface area contributed by atoms with Crippen LogP contribution in [0.5, 0.6) is 17.4 Å².